The molecule has 0 unspecified atom stereocenters. The van der Waals surface area contributed by atoms with Gasteiger partial charge in [0.05, 0.1) is 37.6 Å². The first-order valence-corrected chi connectivity index (χ1v) is 17.3. The molecule has 0 aliphatic heterocycles. The number of allylic oxidation sites excluding steroid dienone is 2. The second kappa shape index (κ2) is 26.7. The van der Waals surface area contributed by atoms with Crippen LogP contribution in [0.15, 0.2) is 110 Å². The second-order valence-electron chi connectivity index (χ2n) is 11.4. The van der Waals surface area contributed by atoms with E-state index in [1.54, 1.807) is 73.8 Å². The molecule has 0 radical (unpaired) electrons. The predicted molar refractivity (Wildman–Crippen MR) is 200 cm³/mol. The lowest BCUT2D eigenvalue weighted by atomic mass is 10.1. The van der Waals surface area contributed by atoms with Crippen molar-refractivity contribution < 1.29 is 42.8 Å². The first kappa shape index (κ1) is 42.0. The monoisotopic (exact) mass is 700 g/mol. The minimum Gasteiger partial charge on any atom is -0.494 e. The van der Waals surface area contributed by atoms with Crippen LogP contribution >= 0.6 is 0 Å². The number of carbonyl (C=O) groups is 3. The SMILES string of the molecule is C=CC(=C)OCCCCCCOc1ccc(C(=O)Oc2ccc(CCOC(=O)c3ccc(OCCCCCCOC)cc3)cc2)cc1.C=CC=O. The summed E-state index contributed by atoms with van der Waals surface area (Å²) in [6.07, 6.45) is 12.2. The largest absolute Gasteiger partial charge is 0.494 e. The van der Waals surface area contributed by atoms with Gasteiger partial charge in [-0.2, -0.15) is 0 Å². The van der Waals surface area contributed by atoms with Crippen LogP contribution in [0, 0.1) is 0 Å². The molecule has 0 spiro atoms. The van der Waals surface area contributed by atoms with Crippen molar-refractivity contribution in [1.29, 1.82) is 0 Å². The minimum atomic E-state index is -0.450. The summed E-state index contributed by atoms with van der Waals surface area (Å²) < 4.78 is 33.0. The van der Waals surface area contributed by atoms with Gasteiger partial charge in [-0.05, 0) is 123 Å². The van der Waals surface area contributed by atoms with Crippen molar-refractivity contribution in [2.24, 2.45) is 0 Å². The van der Waals surface area contributed by atoms with E-state index in [1.807, 2.05) is 12.1 Å². The van der Waals surface area contributed by atoms with Crippen LogP contribution in [-0.4, -0.2) is 58.4 Å². The van der Waals surface area contributed by atoms with E-state index in [4.69, 9.17) is 33.2 Å². The van der Waals surface area contributed by atoms with Crippen LogP contribution in [0.4, 0.5) is 0 Å². The van der Waals surface area contributed by atoms with Gasteiger partial charge in [0.1, 0.15) is 29.3 Å². The van der Waals surface area contributed by atoms with E-state index in [1.165, 1.54) is 6.08 Å². The molecule has 3 aromatic rings. The average Bonchev–Trinajstić information content (AvgIpc) is 3.16. The summed E-state index contributed by atoms with van der Waals surface area (Å²) in [5.41, 5.74) is 1.86. The van der Waals surface area contributed by atoms with E-state index >= 15 is 0 Å². The van der Waals surface area contributed by atoms with Crippen molar-refractivity contribution in [2.45, 2.75) is 57.8 Å². The summed E-state index contributed by atoms with van der Waals surface area (Å²) in [4.78, 5) is 34.1. The lowest BCUT2D eigenvalue weighted by molar-refractivity contribution is -0.104. The van der Waals surface area contributed by atoms with Gasteiger partial charge in [0.25, 0.3) is 0 Å². The number of rotatable bonds is 25. The van der Waals surface area contributed by atoms with Gasteiger partial charge >= 0.3 is 11.9 Å². The number of carbonyl (C=O) groups excluding carboxylic acids is 3. The second-order valence-corrected chi connectivity index (χ2v) is 11.4. The van der Waals surface area contributed by atoms with E-state index in [2.05, 4.69) is 19.7 Å². The zero-order valence-electron chi connectivity index (χ0n) is 29.9. The number of methoxy groups -OCH3 is 1. The molecule has 0 saturated heterocycles. The molecule has 0 bridgehead atoms. The molecule has 0 aromatic heterocycles. The van der Waals surface area contributed by atoms with Crippen molar-refractivity contribution in [3.63, 3.8) is 0 Å². The molecule has 0 aliphatic carbocycles. The molecular weight excluding hydrogens is 648 g/mol. The highest BCUT2D eigenvalue weighted by Gasteiger charge is 2.10. The van der Waals surface area contributed by atoms with Crippen molar-refractivity contribution in [2.75, 3.05) is 40.1 Å². The highest BCUT2D eigenvalue weighted by molar-refractivity contribution is 5.91. The summed E-state index contributed by atoms with van der Waals surface area (Å²) in [5, 5.41) is 0. The molecule has 9 nitrogen and oxygen atoms in total. The average molecular weight is 701 g/mol. The van der Waals surface area contributed by atoms with Crippen LogP contribution in [0.25, 0.3) is 0 Å². The number of unbranched alkanes of at least 4 members (excludes halogenated alkanes) is 6. The van der Waals surface area contributed by atoms with E-state index in [0.29, 0.717) is 60.9 Å². The Morgan fingerprint density at radius 1 is 0.588 bits per heavy atom. The standard InChI is InChI=1S/C39H48O8.C3H4O/c1-4-31(2)43-27-10-7-8-12-29-45-36-23-17-34(18-24-36)39(41)47-37-19-13-32(14-20-37)25-30-46-38(40)33-15-21-35(22-16-33)44-28-11-6-5-9-26-42-3;1-2-3-4/h4,13-24H,1-2,5-12,25-30H2,3H3;2-3H,1H2. The maximum absolute atomic E-state index is 12.6. The Morgan fingerprint density at radius 3 is 1.55 bits per heavy atom. The Labute approximate surface area is 302 Å². The summed E-state index contributed by atoms with van der Waals surface area (Å²) in [5.74, 6) is 1.64. The topological polar surface area (TPSA) is 107 Å². The quantitative estimate of drug-likeness (QED) is 0.0163. The molecule has 9 heteroatoms. The third-order valence-electron chi connectivity index (χ3n) is 7.37. The molecule has 0 heterocycles. The van der Waals surface area contributed by atoms with E-state index in [0.717, 1.165) is 69.3 Å². The Hall–Kier alpha value is -5.15. The lowest BCUT2D eigenvalue weighted by Gasteiger charge is -2.09. The fourth-order valence-electron chi connectivity index (χ4n) is 4.51. The fourth-order valence-corrected chi connectivity index (χ4v) is 4.51. The number of hydrogen-bond acceptors (Lipinski definition) is 9. The molecule has 3 aromatic carbocycles. The van der Waals surface area contributed by atoms with Crippen molar-refractivity contribution in [3.05, 3.63) is 127 Å². The third kappa shape index (κ3) is 19.0. The molecule has 0 saturated carbocycles. The van der Waals surface area contributed by atoms with Gasteiger partial charge in [-0.3, -0.25) is 4.79 Å². The summed E-state index contributed by atoms with van der Waals surface area (Å²) in [6.45, 7) is 13.4. The van der Waals surface area contributed by atoms with Crippen LogP contribution in [-0.2, 0) is 25.4 Å². The summed E-state index contributed by atoms with van der Waals surface area (Å²) in [6, 6.07) is 21.1. The molecule has 0 aliphatic rings. The number of esters is 2. The van der Waals surface area contributed by atoms with Gasteiger partial charge in [0.15, 0.2) is 0 Å². The predicted octanol–water partition coefficient (Wildman–Crippen LogP) is 8.92. The number of benzene rings is 3. The van der Waals surface area contributed by atoms with Crippen LogP contribution in [0.2, 0.25) is 0 Å². The minimum absolute atomic E-state index is 0.231. The van der Waals surface area contributed by atoms with Gasteiger partial charge in [0, 0.05) is 20.1 Å². The number of hydrogen-bond donors (Lipinski definition) is 0. The first-order valence-electron chi connectivity index (χ1n) is 17.3. The van der Waals surface area contributed by atoms with Crippen molar-refractivity contribution in [1.82, 2.24) is 0 Å². The maximum atomic E-state index is 12.6. The van der Waals surface area contributed by atoms with Crippen LogP contribution in [0.5, 0.6) is 17.2 Å². The molecule has 274 valence electrons. The summed E-state index contributed by atoms with van der Waals surface area (Å²) in [7, 11) is 1.72. The Morgan fingerprint density at radius 2 is 1.06 bits per heavy atom. The highest BCUT2D eigenvalue weighted by Crippen LogP contribution is 2.18. The molecule has 0 amide bonds. The third-order valence-corrected chi connectivity index (χ3v) is 7.37. The summed E-state index contributed by atoms with van der Waals surface area (Å²) >= 11 is 0. The molecule has 51 heavy (non-hydrogen) atoms. The maximum Gasteiger partial charge on any atom is 0.343 e. The smallest absolute Gasteiger partial charge is 0.343 e. The molecule has 0 fully saturated rings. The molecule has 3 rings (SSSR count). The first-order chi connectivity index (χ1) is 24.9. The van der Waals surface area contributed by atoms with Crippen molar-refractivity contribution in [3.8, 4) is 17.2 Å². The van der Waals surface area contributed by atoms with Gasteiger partial charge in [-0.25, -0.2) is 9.59 Å². The van der Waals surface area contributed by atoms with Gasteiger partial charge in [-0.1, -0.05) is 38.3 Å². The van der Waals surface area contributed by atoms with Crippen LogP contribution < -0.4 is 14.2 Å². The zero-order valence-corrected chi connectivity index (χ0v) is 29.9. The van der Waals surface area contributed by atoms with Gasteiger partial charge < -0.3 is 28.4 Å². The van der Waals surface area contributed by atoms with E-state index in [9.17, 15) is 9.59 Å². The Bertz CT molecular complexity index is 1440. The molecule has 0 atom stereocenters. The number of ether oxygens (including phenoxy) is 6. The highest BCUT2D eigenvalue weighted by atomic mass is 16.5. The Balaban J connectivity index is 0.00000213. The van der Waals surface area contributed by atoms with Crippen LogP contribution in [0.1, 0.15) is 77.6 Å². The van der Waals surface area contributed by atoms with Crippen molar-refractivity contribution >= 4 is 18.2 Å². The zero-order chi connectivity index (χ0) is 36.9. The Kier molecular flexibility index (Phi) is 22.0. The van der Waals surface area contributed by atoms with Gasteiger partial charge in [0.2, 0.25) is 0 Å². The lowest BCUT2D eigenvalue weighted by Crippen LogP contribution is -2.09. The fraction of sp³-hybridized carbons (Fsp3) is 0.357. The molecule has 0 N–H and O–H groups in total. The number of aldehydes is 1. The normalized spacial score (nSPS) is 10.1. The van der Waals surface area contributed by atoms with Gasteiger partial charge in [-0.15, -0.1) is 0 Å². The van der Waals surface area contributed by atoms with E-state index in [-0.39, 0.29) is 12.6 Å². The van der Waals surface area contributed by atoms with Crippen LogP contribution in [0.3, 0.4) is 0 Å². The molecular formula is C42H52O9. The van der Waals surface area contributed by atoms with E-state index < -0.39 is 5.97 Å².